The van der Waals surface area contributed by atoms with Crippen molar-refractivity contribution in [1.29, 1.82) is 0 Å². The van der Waals surface area contributed by atoms with Crippen LogP contribution in [0.15, 0.2) is 24.3 Å². The summed E-state index contributed by atoms with van der Waals surface area (Å²) < 4.78 is 16.6. The van der Waals surface area contributed by atoms with E-state index in [1.165, 1.54) is 37.3 Å². The van der Waals surface area contributed by atoms with Gasteiger partial charge in [-0.15, -0.1) is 11.3 Å². The van der Waals surface area contributed by atoms with Gasteiger partial charge in [0.15, 0.2) is 17.6 Å². The fourth-order valence-electron chi connectivity index (χ4n) is 2.59. The molecule has 31 heavy (non-hydrogen) atoms. The summed E-state index contributed by atoms with van der Waals surface area (Å²) in [4.78, 5) is 37.6. The van der Waals surface area contributed by atoms with Gasteiger partial charge in [-0.25, -0.2) is 4.79 Å². The van der Waals surface area contributed by atoms with Gasteiger partial charge < -0.3 is 19.5 Å². The number of benzene rings is 1. The molecule has 0 saturated heterocycles. The second kappa shape index (κ2) is 11.7. The Hall–Kier alpha value is -2.58. The maximum absolute atomic E-state index is 12.6. The van der Waals surface area contributed by atoms with E-state index in [-0.39, 0.29) is 22.3 Å². The van der Waals surface area contributed by atoms with Crippen molar-refractivity contribution in [2.24, 2.45) is 0 Å². The Bertz CT molecular complexity index is 942. The lowest BCUT2D eigenvalue weighted by atomic mass is 10.2. The number of carbonyl (C=O) groups is 3. The van der Waals surface area contributed by atoms with Crippen molar-refractivity contribution in [2.75, 3.05) is 13.2 Å². The monoisotopic (exact) mass is 467 g/mol. The Balaban J connectivity index is 2.11. The third-order valence-corrected chi connectivity index (χ3v) is 5.45. The van der Waals surface area contributed by atoms with Crippen LogP contribution in [0.2, 0.25) is 5.02 Å². The van der Waals surface area contributed by atoms with E-state index < -0.39 is 12.1 Å². The molecule has 0 saturated carbocycles. The van der Waals surface area contributed by atoms with Gasteiger partial charge in [-0.05, 0) is 44.5 Å². The summed E-state index contributed by atoms with van der Waals surface area (Å²) in [5, 5.41) is 2.90. The molecule has 7 nitrogen and oxygen atoms in total. The Morgan fingerprint density at radius 1 is 1.16 bits per heavy atom. The summed E-state index contributed by atoms with van der Waals surface area (Å²) >= 11 is 7.53. The number of nitrogens with one attached hydrogen (secondary N) is 1. The third-order valence-electron chi connectivity index (χ3n) is 4.06. The summed E-state index contributed by atoms with van der Waals surface area (Å²) in [6.45, 7) is 7.88. The molecule has 2 rings (SSSR count). The number of Topliss-reactive ketones (excluding diaryl/α,β-unsaturated/α-hetero) is 1. The van der Waals surface area contributed by atoms with Crippen molar-refractivity contribution >= 4 is 40.6 Å². The zero-order chi connectivity index (χ0) is 23.0. The van der Waals surface area contributed by atoms with Crippen LogP contribution in [-0.4, -0.2) is 37.0 Å². The number of halogens is 1. The highest BCUT2D eigenvalue weighted by atomic mass is 35.5. The highest BCUT2D eigenvalue weighted by molar-refractivity contribution is 7.14. The van der Waals surface area contributed by atoms with Crippen LogP contribution in [0.4, 0.5) is 0 Å². The summed E-state index contributed by atoms with van der Waals surface area (Å²) in [6, 6.07) is 6.34. The second-order valence-corrected chi connectivity index (χ2v) is 8.23. The SMILES string of the molecule is CCCOc1c(Cl)cc(C(=O)OC(C)C(=O)c2ccc(CNC(C)=O)s2)cc1OCC. The van der Waals surface area contributed by atoms with Crippen LogP contribution in [-0.2, 0) is 16.1 Å². The molecule has 1 aromatic carbocycles. The lowest BCUT2D eigenvalue weighted by molar-refractivity contribution is -0.119. The molecule has 0 spiro atoms. The van der Waals surface area contributed by atoms with E-state index in [0.29, 0.717) is 36.1 Å². The maximum atomic E-state index is 12.6. The number of carbonyl (C=O) groups excluding carboxylic acids is 3. The number of hydrogen-bond donors (Lipinski definition) is 1. The Morgan fingerprint density at radius 2 is 1.90 bits per heavy atom. The number of hydrogen-bond acceptors (Lipinski definition) is 7. The van der Waals surface area contributed by atoms with Crippen LogP contribution in [0.5, 0.6) is 11.5 Å². The number of ketones is 1. The fourth-order valence-corrected chi connectivity index (χ4v) is 3.82. The fraction of sp³-hybridized carbons (Fsp3) is 0.409. The van der Waals surface area contributed by atoms with Gasteiger partial charge in [-0.2, -0.15) is 0 Å². The smallest absolute Gasteiger partial charge is 0.339 e. The highest BCUT2D eigenvalue weighted by Gasteiger charge is 2.24. The van der Waals surface area contributed by atoms with Crippen LogP contribution in [0.3, 0.4) is 0 Å². The first-order valence-electron chi connectivity index (χ1n) is 9.94. The average molecular weight is 468 g/mol. The minimum Gasteiger partial charge on any atom is -0.490 e. The van der Waals surface area contributed by atoms with Crippen molar-refractivity contribution in [1.82, 2.24) is 5.32 Å². The van der Waals surface area contributed by atoms with Gasteiger partial charge in [-0.3, -0.25) is 9.59 Å². The normalized spacial score (nSPS) is 11.5. The van der Waals surface area contributed by atoms with Crippen LogP contribution in [0, 0.1) is 0 Å². The molecule has 0 radical (unpaired) electrons. The number of thiophene rings is 1. The minimum atomic E-state index is -0.995. The Morgan fingerprint density at radius 3 is 2.55 bits per heavy atom. The van der Waals surface area contributed by atoms with Crippen molar-refractivity contribution in [2.45, 2.75) is 46.8 Å². The Labute approximate surface area is 190 Å². The third kappa shape index (κ3) is 6.97. The van der Waals surface area contributed by atoms with Gasteiger partial charge in [0, 0.05) is 11.8 Å². The molecule has 0 bridgehead atoms. The van der Waals surface area contributed by atoms with E-state index in [0.717, 1.165) is 11.3 Å². The zero-order valence-electron chi connectivity index (χ0n) is 18.0. The standard InChI is InChI=1S/C22H26ClNO6S/c1-5-9-29-21-17(23)10-15(11-18(21)28-6-2)22(27)30-13(3)20(26)19-8-7-16(31-19)12-24-14(4)25/h7-8,10-11,13H,5-6,9,12H2,1-4H3,(H,24,25). The van der Waals surface area contributed by atoms with Gasteiger partial charge >= 0.3 is 5.97 Å². The predicted octanol–water partition coefficient (Wildman–Crippen LogP) is 4.65. The molecule has 1 aromatic heterocycles. The van der Waals surface area contributed by atoms with Crippen LogP contribution in [0.25, 0.3) is 0 Å². The lowest BCUT2D eigenvalue weighted by Crippen LogP contribution is -2.24. The predicted molar refractivity (Wildman–Crippen MR) is 119 cm³/mol. The van der Waals surface area contributed by atoms with Crippen molar-refractivity contribution in [3.05, 3.63) is 44.6 Å². The summed E-state index contributed by atoms with van der Waals surface area (Å²) in [6.07, 6.45) is -0.203. The molecule has 1 heterocycles. The maximum Gasteiger partial charge on any atom is 0.339 e. The van der Waals surface area contributed by atoms with Gasteiger partial charge in [0.05, 0.1) is 35.2 Å². The molecule has 0 aliphatic heterocycles. The molecule has 2 aromatic rings. The van der Waals surface area contributed by atoms with Gasteiger partial charge in [-0.1, -0.05) is 18.5 Å². The molecule has 9 heteroatoms. The van der Waals surface area contributed by atoms with Crippen molar-refractivity contribution in [3.63, 3.8) is 0 Å². The van der Waals surface area contributed by atoms with Gasteiger partial charge in [0.25, 0.3) is 0 Å². The minimum absolute atomic E-state index is 0.153. The number of esters is 1. The topological polar surface area (TPSA) is 90.9 Å². The van der Waals surface area contributed by atoms with E-state index in [9.17, 15) is 14.4 Å². The van der Waals surface area contributed by atoms with Gasteiger partial charge in [0.2, 0.25) is 11.7 Å². The molecule has 168 valence electrons. The Kier molecular flexibility index (Phi) is 9.33. The first-order chi connectivity index (χ1) is 14.8. The molecule has 0 fully saturated rings. The zero-order valence-corrected chi connectivity index (χ0v) is 19.5. The van der Waals surface area contributed by atoms with E-state index >= 15 is 0 Å². The summed E-state index contributed by atoms with van der Waals surface area (Å²) in [5.41, 5.74) is 0.162. The first kappa shape index (κ1) is 24.7. The molecular weight excluding hydrogens is 442 g/mol. The molecule has 1 unspecified atom stereocenters. The quantitative estimate of drug-likeness (QED) is 0.382. The molecule has 1 atom stereocenters. The van der Waals surface area contributed by atoms with Crippen LogP contribution in [0.1, 0.15) is 59.0 Å². The lowest BCUT2D eigenvalue weighted by Gasteiger charge is -2.16. The molecule has 1 amide bonds. The number of ether oxygens (including phenoxy) is 3. The number of amides is 1. The highest BCUT2D eigenvalue weighted by Crippen LogP contribution is 2.37. The molecule has 1 N–H and O–H groups in total. The summed E-state index contributed by atoms with van der Waals surface area (Å²) in [5.74, 6) is -0.460. The van der Waals surface area contributed by atoms with E-state index in [1.807, 2.05) is 13.8 Å². The average Bonchev–Trinajstić information content (AvgIpc) is 3.20. The molecule has 0 aliphatic carbocycles. The largest absolute Gasteiger partial charge is 0.490 e. The van der Waals surface area contributed by atoms with E-state index in [4.69, 9.17) is 25.8 Å². The molecular formula is C22H26ClNO6S. The second-order valence-electron chi connectivity index (χ2n) is 6.65. The van der Waals surface area contributed by atoms with Crippen molar-refractivity contribution in [3.8, 4) is 11.5 Å². The van der Waals surface area contributed by atoms with E-state index in [2.05, 4.69) is 5.32 Å². The summed E-state index contributed by atoms with van der Waals surface area (Å²) in [7, 11) is 0. The van der Waals surface area contributed by atoms with E-state index in [1.54, 1.807) is 12.1 Å². The number of rotatable bonds is 11. The molecule has 0 aliphatic rings. The van der Waals surface area contributed by atoms with Crippen molar-refractivity contribution < 1.29 is 28.6 Å². The van der Waals surface area contributed by atoms with Gasteiger partial charge in [0.1, 0.15) is 0 Å². The van der Waals surface area contributed by atoms with Crippen LogP contribution < -0.4 is 14.8 Å². The first-order valence-corrected chi connectivity index (χ1v) is 11.1. The van der Waals surface area contributed by atoms with Crippen LogP contribution >= 0.6 is 22.9 Å².